The molecule has 2 heterocycles. The summed E-state index contributed by atoms with van der Waals surface area (Å²) >= 11 is 0. The van der Waals surface area contributed by atoms with Crippen molar-refractivity contribution in [1.82, 2.24) is 30.4 Å². The number of sulfonamides is 1. The lowest BCUT2D eigenvalue weighted by atomic mass is 10.2. The number of tetrazole rings is 1. The number of aromatic nitrogens is 6. The zero-order chi connectivity index (χ0) is 19.6. The van der Waals surface area contributed by atoms with Gasteiger partial charge in [0.2, 0.25) is 5.82 Å². The van der Waals surface area contributed by atoms with Gasteiger partial charge in [0.05, 0.1) is 16.8 Å². The topological polar surface area (TPSA) is 162 Å². The zero-order valence-electron chi connectivity index (χ0n) is 14.4. The van der Waals surface area contributed by atoms with Crippen molar-refractivity contribution in [1.29, 1.82) is 0 Å². The standard InChI is InChI=1S/C14H16N8O4S/c1-9(2)7-21-8-11(6-15-21)18-27(25,26)13-4-3-10(5-12(13)22(23)24)14-16-19-20-17-14/h3-6,8-9,18H,7H2,1-2H3,(H,16,17,19,20). The highest BCUT2D eigenvalue weighted by Crippen LogP contribution is 2.29. The van der Waals surface area contributed by atoms with Gasteiger partial charge in [0, 0.05) is 24.4 Å². The molecule has 0 amide bonds. The minimum atomic E-state index is -4.20. The number of H-pyrrole nitrogens is 1. The number of nitro benzene ring substituents is 1. The summed E-state index contributed by atoms with van der Waals surface area (Å²) in [5.74, 6) is 0.443. The Kier molecular flexibility index (Phi) is 4.85. The van der Waals surface area contributed by atoms with Crippen LogP contribution >= 0.6 is 0 Å². The summed E-state index contributed by atoms with van der Waals surface area (Å²) in [6, 6.07) is 3.58. The molecule has 0 aliphatic heterocycles. The third-order valence-electron chi connectivity index (χ3n) is 3.49. The van der Waals surface area contributed by atoms with Crippen LogP contribution in [0.5, 0.6) is 0 Å². The first-order valence-corrected chi connectivity index (χ1v) is 9.32. The molecule has 0 spiro atoms. The third-order valence-corrected chi connectivity index (χ3v) is 4.92. The van der Waals surface area contributed by atoms with E-state index in [1.54, 1.807) is 4.68 Å². The molecule has 0 atom stereocenters. The largest absolute Gasteiger partial charge is 0.290 e. The highest BCUT2D eigenvalue weighted by atomic mass is 32.2. The summed E-state index contributed by atoms with van der Waals surface area (Å²) in [6.45, 7) is 4.61. The van der Waals surface area contributed by atoms with E-state index in [0.29, 0.717) is 12.5 Å². The quantitative estimate of drug-likeness (QED) is 0.450. The molecule has 0 saturated heterocycles. The van der Waals surface area contributed by atoms with Crippen LogP contribution in [0.2, 0.25) is 0 Å². The molecule has 142 valence electrons. The van der Waals surface area contributed by atoms with Crippen LogP contribution in [-0.4, -0.2) is 43.7 Å². The molecule has 1 aromatic carbocycles. The Morgan fingerprint density at radius 2 is 2.15 bits per heavy atom. The van der Waals surface area contributed by atoms with E-state index in [1.807, 2.05) is 13.8 Å². The molecule has 27 heavy (non-hydrogen) atoms. The predicted octanol–water partition coefficient (Wildman–Crippen LogP) is 1.43. The second kappa shape index (κ2) is 7.11. The van der Waals surface area contributed by atoms with Crippen molar-refractivity contribution in [3.05, 3.63) is 40.7 Å². The lowest BCUT2D eigenvalue weighted by Gasteiger charge is -2.07. The molecule has 0 unspecified atom stereocenters. The SMILES string of the molecule is CC(C)Cn1cc(NS(=O)(=O)c2ccc(-c3nn[nH]n3)cc2[N+](=O)[O-])cn1. The van der Waals surface area contributed by atoms with Gasteiger partial charge in [0.25, 0.3) is 15.7 Å². The Bertz CT molecular complexity index is 1060. The predicted molar refractivity (Wildman–Crippen MR) is 94.1 cm³/mol. The smallest absolute Gasteiger partial charge is 0.276 e. The van der Waals surface area contributed by atoms with Crippen LogP contribution in [-0.2, 0) is 16.6 Å². The molecule has 0 aliphatic carbocycles. The minimum absolute atomic E-state index is 0.116. The molecular formula is C14H16N8O4S. The van der Waals surface area contributed by atoms with Gasteiger partial charge in [0.15, 0.2) is 4.90 Å². The molecule has 3 aromatic rings. The van der Waals surface area contributed by atoms with Gasteiger partial charge in [-0.05, 0) is 23.3 Å². The van der Waals surface area contributed by atoms with Gasteiger partial charge >= 0.3 is 0 Å². The number of benzene rings is 1. The summed E-state index contributed by atoms with van der Waals surface area (Å²) in [5, 5.41) is 28.5. The maximum atomic E-state index is 12.7. The fourth-order valence-electron chi connectivity index (χ4n) is 2.41. The molecule has 0 saturated carbocycles. The van der Waals surface area contributed by atoms with Gasteiger partial charge < -0.3 is 0 Å². The number of nitro groups is 1. The second-order valence-corrected chi connectivity index (χ2v) is 7.78. The number of nitrogens with one attached hydrogen (secondary N) is 2. The van der Waals surface area contributed by atoms with Crippen LogP contribution in [0.15, 0.2) is 35.5 Å². The van der Waals surface area contributed by atoms with Crippen molar-refractivity contribution in [3.63, 3.8) is 0 Å². The third kappa shape index (κ3) is 4.08. The van der Waals surface area contributed by atoms with Crippen LogP contribution in [0.3, 0.4) is 0 Å². The Morgan fingerprint density at radius 1 is 1.37 bits per heavy atom. The highest BCUT2D eigenvalue weighted by molar-refractivity contribution is 7.92. The lowest BCUT2D eigenvalue weighted by Crippen LogP contribution is -2.14. The first kappa shape index (κ1) is 18.4. The highest BCUT2D eigenvalue weighted by Gasteiger charge is 2.27. The van der Waals surface area contributed by atoms with Crippen molar-refractivity contribution >= 4 is 21.4 Å². The average Bonchev–Trinajstić information content (AvgIpc) is 3.25. The molecule has 2 aromatic heterocycles. The number of hydrogen-bond acceptors (Lipinski definition) is 8. The van der Waals surface area contributed by atoms with E-state index in [-0.39, 0.29) is 17.1 Å². The van der Waals surface area contributed by atoms with Crippen LogP contribution in [0, 0.1) is 16.0 Å². The maximum absolute atomic E-state index is 12.7. The van der Waals surface area contributed by atoms with E-state index in [4.69, 9.17) is 0 Å². The van der Waals surface area contributed by atoms with Crippen LogP contribution in [0.4, 0.5) is 11.4 Å². The fourth-order valence-corrected chi connectivity index (χ4v) is 3.59. The summed E-state index contributed by atoms with van der Waals surface area (Å²) in [7, 11) is -4.20. The normalized spacial score (nSPS) is 11.7. The Labute approximate surface area is 153 Å². The van der Waals surface area contributed by atoms with Crippen LogP contribution < -0.4 is 4.72 Å². The first-order valence-electron chi connectivity index (χ1n) is 7.84. The molecule has 12 nitrogen and oxygen atoms in total. The summed E-state index contributed by atoms with van der Waals surface area (Å²) in [6.07, 6.45) is 2.87. The van der Waals surface area contributed by atoms with Gasteiger partial charge in [-0.1, -0.05) is 13.8 Å². The van der Waals surface area contributed by atoms with Gasteiger partial charge in [-0.15, -0.1) is 10.2 Å². The van der Waals surface area contributed by atoms with Gasteiger partial charge in [-0.25, -0.2) is 8.42 Å². The average molecular weight is 392 g/mol. The molecule has 0 radical (unpaired) electrons. The summed E-state index contributed by atoms with van der Waals surface area (Å²) in [4.78, 5) is 10.1. The van der Waals surface area contributed by atoms with E-state index in [9.17, 15) is 18.5 Å². The van der Waals surface area contributed by atoms with Crippen LogP contribution in [0.25, 0.3) is 11.4 Å². The monoisotopic (exact) mass is 392 g/mol. The van der Waals surface area contributed by atoms with Gasteiger partial charge in [-0.3, -0.25) is 19.5 Å². The Morgan fingerprint density at radius 3 is 2.78 bits per heavy atom. The number of rotatable bonds is 7. The van der Waals surface area contributed by atoms with E-state index >= 15 is 0 Å². The molecule has 2 N–H and O–H groups in total. The van der Waals surface area contributed by atoms with Crippen molar-refractivity contribution in [3.8, 4) is 11.4 Å². The lowest BCUT2D eigenvalue weighted by molar-refractivity contribution is -0.387. The molecule has 13 heteroatoms. The molecular weight excluding hydrogens is 376 g/mol. The maximum Gasteiger partial charge on any atom is 0.290 e. The molecule has 0 bridgehead atoms. The van der Waals surface area contributed by atoms with Gasteiger partial charge in [0.1, 0.15) is 0 Å². The van der Waals surface area contributed by atoms with E-state index < -0.39 is 25.5 Å². The van der Waals surface area contributed by atoms with Crippen molar-refractivity contribution in [2.75, 3.05) is 4.72 Å². The van der Waals surface area contributed by atoms with Gasteiger partial charge in [-0.2, -0.15) is 10.3 Å². The first-order chi connectivity index (χ1) is 12.8. The summed E-state index contributed by atoms with van der Waals surface area (Å²) < 4.78 is 29.2. The fraction of sp³-hybridized carbons (Fsp3) is 0.286. The van der Waals surface area contributed by atoms with Crippen molar-refractivity contribution in [2.45, 2.75) is 25.3 Å². The van der Waals surface area contributed by atoms with E-state index in [2.05, 4.69) is 30.4 Å². The number of hydrogen-bond donors (Lipinski definition) is 2. The zero-order valence-corrected chi connectivity index (χ0v) is 15.2. The molecule has 3 rings (SSSR count). The number of aromatic amines is 1. The van der Waals surface area contributed by atoms with Crippen LogP contribution in [0.1, 0.15) is 13.8 Å². The Hall–Kier alpha value is -3.35. The summed E-state index contributed by atoms with van der Waals surface area (Å²) in [5.41, 5.74) is -0.120. The Balaban J connectivity index is 1.93. The second-order valence-electron chi connectivity index (χ2n) is 6.13. The number of anilines is 1. The van der Waals surface area contributed by atoms with E-state index in [1.165, 1.54) is 18.5 Å². The minimum Gasteiger partial charge on any atom is -0.276 e. The van der Waals surface area contributed by atoms with Crippen molar-refractivity contribution in [2.24, 2.45) is 5.92 Å². The van der Waals surface area contributed by atoms with Crippen molar-refractivity contribution < 1.29 is 13.3 Å². The van der Waals surface area contributed by atoms with E-state index in [0.717, 1.165) is 12.1 Å². The molecule has 0 fully saturated rings. The number of nitrogens with zero attached hydrogens (tertiary/aromatic N) is 6. The molecule has 0 aliphatic rings.